The van der Waals surface area contributed by atoms with Gasteiger partial charge in [-0.15, -0.1) is 11.3 Å². The van der Waals surface area contributed by atoms with E-state index in [2.05, 4.69) is 60.1 Å². The number of aromatic nitrogens is 3. The molecule has 0 radical (unpaired) electrons. The topological polar surface area (TPSA) is 41.9 Å². The largest absolute Gasteiger partial charge is 0.298 e. The molecule has 1 aromatic carbocycles. The summed E-state index contributed by atoms with van der Waals surface area (Å²) >= 11 is 1.91. The number of hydrogen-bond acceptors (Lipinski definition) is 5. The summed E-state index contributed by atoms with van der Waals surface area (Å²) in [5.74, 6) is 1.17. The molecule has 3 aromatic heterocycles. The van der Waals surface area contributed by atoms with E-state index in [1.807, 2.05) is 29.7 Å². The molecule has 1 fully saturated rings. The zero-order valence-electron chi connectivity index (χ0n) is 18.7. The van der Waals surface area contributed by atoms with Gasteiger partial charge in [-0.05, 0) is 68.6 Å². The number of pyridine rings is 1. The van der Waals surface area contributed by atoms with Crippen molar-refractivity contribution in [2.45, 2.75) is 39.2 Å². The van der Waals surface area contributed by atoms with Crippen LogP contribution in [0.2, 0.25) is 0 Å². The van der Waals surface area contributed by atoms with Crippen molar-refractivity contribution in [1.82, 2.24) is 19.9 Å². The van der Waals surface area contributed by atoms with Crippen LogP contribution in [0.5, 0.6) is 0 Å². The Kier molecular flexibility index (Phi) is 6.10. The fraction of sp³-hybridized carbons (Fsp3) is 0.296. The van der Waals surface area contributed by atoms with Crippen LogP contribution < -0.4 is 0 Å². The minimum Gasteiger partial charge on any atom is -0.298 e. The minimum absolute atomic E-state index is 0.392. The van der Waals surface area contributed by atoms with Gasteiger partial charge in [0.1, 0.15) is 0 Å². The summed E-state index contributed by atoms with van der Waals surface area (Å²) in [6.07, 6.45) is 7.99. The van der Waals surface area contributed by atoms with E-state index in [-0.39, 0.29) is 0 Å². The van der Waals surface area contributed by atoms with Gasteiger partial charge in [0, 0.05) is 58.5 Å². The molecule has 0 aliphatic carbocycles. The minimum atomic E-state index is 0.392. The van der Waals surface area contributed by atoms with E-state index in [1.54, 1.807) is 12.4 Å². The molecule has 1 unspecified atom stereocenters. The van der Waals surface area contributed by atoms with Crippen LogP contribution in [-0.2, 0) is 6.54 Å². The van der Waals surface area contributed by atoms with Crippen LogP contribution in [0.4, 0.5) is 0 Å². The molecule has 1 atom stereocenters. The van der Waals surface area contributed by atoms with Gasteiger partial charge < -0.3 is 0 Å². The summed E-state index contributed by atoms with van der Waals surface area (Å²) in [6, 6.07) is 17.0. The second-order valence-electron chi connectivity index (χ2n) is 8.63. The summed E-state index contributed by atoms with van der Waals surface area (Å²) in [6.45, 7) is 7.56. The lowest BCUT2D eigenvalue weighted by Crippen LogP contribution is -2.34. The van der Waals surface area contributed by atoms with E-state index in [0.717, 1.165) is 37.4 Å². The summed E-state index contributed by atoms with van der Waals surface area (Å²) in [5.41, 5.74) is 5.85. The molecule has 1 saturated heterocycles. The Labute approximate surface area is 194 Å². The van der Waals surface area contributed by atoms with Crippen molar-refractivity contribution in [1.29, 1.82) is 0 Å². The first-order valence-electron chi connectivity index (χ1n) is 11.3. The van der Waals surface area contributed by atoms with Gasteiger partial charge >= 0.3 is 0 Å². The molecule has 0 saturated carbocycles. The highest BCUT2D eigenvalue weighted by atomic mass is 32.1. The van der Waals surface area contributed by atoms with Crippen molar-refractivity contribution in [2.24, 2.45) is 0 Å². The Hall–Kier alpha value is -2.89. The maximum absolute atomic E-state index is 5.17. The number of benzene rings is 1. The number of thiophene rings is 1. The average molecular weight is 441 g/mol. The molecule has 0 bridgehead atoms. The number of likely N-dealkylation sites (tertiary alicyclic amines) is 1. The maximum atomic E-state index is 5.17. The van der Waals surface area contributed by atoms with Crippen LogP contribution in [0.1, 0.15) is 39.8 Å². The Bertz CT molecular complexity index is 1200. The molecule has 4 aromatic rings. The van der Waals surface area contributed by atoms with Crippen LogP contribution in [0.3, 0.4) is 0 Å². The molecule has 0 spiro atoms. The van der Waals surface area contributed by atoms with Crippen molar-refractivity contribution in [3.05, 3.63) is 88.1 Å². The van der Waals surface area contributed by atoms with Gasteiger partial charge in [-0.25, -0.2) is 9.97 Å². The number of aryl methyl sites for hydroxylation is 2. The lowest BCUT2D eigenvalue weighted by Gasteiger charge is -2.33. The monoisotopic (exact) mass is 440 g/mol. The van der Waals surface area contributed by atoms with Gasteiger partial charge in [0.2, 0.25) is 0 Å². The van der Waals surface area contributed by atoms with Crippen molar-refractivity contribution in [3.8, 4) is 22.5 Å². The Morgan fingerprint density at radius 1 is 1.00 bits per heavy atom. The number of piperidine rings is 1. The second kappa shape index (κ2) is 9.31. The smallest absolute Gasteiger partial charge is 0.159 e. The fourth-order valence-corrected chi connectivity index (χ4v) is 5.57. The second-order valence-corrected chi connectivity index (χ2v) is 10.0. The standard InChI is InChI=1S/C27H28N4S/c1-19-6-3-4-8-24(19)25-16-29-27(21-11-13-28-14-12-21)30-26(25)22-7-5-15-31(17-22)18-23-10-9-20(2)32-23/h3-4,6,8-14,16,22H,5,7,15,17-18H2,1-2H3. The molecule has 1 aliphatic heterocycles. The summed E-state index contributed by atoms with van der Waals surface area (Å²) in [7, 11) is 0. The van der Waals surface area contributed by atoms with Crippen LogP contribution in [-0.4, -0.2) is 32.9 Å². The molecule has 1 aliphatic rings. The van der Waals surface area contributed by atoms with Crippen LogP contribution in [0.15, 0.2) is 67.1 Å². The lowest BCUT2D eigenvalue weighted by atomic mass is 9.88. The van der Waals surface area contributed by atoms with E-state index in [9.17, 15) is 0 Å². The first kappa shape index (κ1) is 21.0. The van der Waals surface area contributed by atoms with Crippen molar-refractivity contribution in [3.63, 3.8) is 0 Å². The van der Waals surface area contributed by atoms with E-state index < -0.39 is 0 Å². The van der Waals surface area contributed by atoms with Gasteiger partial charge in [0.05, 0.1) is 5.69 Å². The Balaban J connectivity index is 1.52. The molecule has 5 rings (SSSR count). The zero-order chi connectivity index (χ0) is 21.9. The van der Waals surface area contributed by atoms with Crippen molar-refractivity contribution in [2.75, 3.05) is 13.1 Å². The molecular weight excluding hydrogens is 412 g/mol. The van der Waals surface area contributed by atoms with E-state index in [4.69, 9.17) is 9.97 Å². The van der Waals surface area contributed by atoms with Crippen LogP contribution >= 0.6 is 11.3 Å². The fourth-order valence-electron chi connectivity index (χ4n) is 4.64. The molecule has 162 valence electrons. The third-order valence-electron chi connectivity index (χ3n) is 6.26. The predicted octanol–water partition coefficient (Wildman–Crippen LogP) is 6.26. The zero-order valence-corrected chi connectivity index (χ0v) is 19.5. The van der Waals surface area contributed by atoms with Crippen molar-refractivity contribution >= 4 is 11.3 Å². The normalized spacial score (nSPS) is 16.9. The third kappa shape index (κ3) is 4.50. The van der Waals surface area contributed by atoms with Crippen LogP contribution in [0, 0.1) is 13.8 Å². The highest BCUT2D eigenvalue weighted by Gasteiger charge is 2.26. The number of nitrogens with zero attached hydrogens (tertiary/aromatic N) is 4. The van der Waals surface area contributed by atoms with E-state index in [0.29, 0.717) is 5.92 Å². The molecule has 5 heteroatoms. The molecule has 4 nitrogen and oxygen atoms in total. The van der Waals surface area contributed by atoms with Crippen LogP contribution in [0.25, 0.3) is 22.5 Å². The maximum Gasteiger partial charge on any atom is 0.159 e. The molecular formula is C27H28N4S. The first-order chi connectivity index (χ1) is 15.7. The van der Waals surface area contributed by atoms with Gasteiger partial charge in [0.25, 0.3) is 0 Å². The van der Waals surface area contributed by atoms with Gasteiger partial charge in [-0.1, -0.05) is 24.3 Å². The summed E-state index contributed by atoms with van der Waals surface area (Å²) in [5, 5.41) is 0. The molecule has 4 heterocycles. The Morgan fingerprint density at radius 3 is 2.62 bits per heavy atom. The SMILES string of the molecule is Cc1ccc(CN2CCCC(c3nc(-c4ccncc4)ncc3-c3ccccc3C)C2)s1. The number of hydrogen-bond donors (Lipinski definition) is 0. The lowest BCUT2D eigenvalue weighted by molar-refractivity contribution is 0.200. The molecule has 0 N–H and O–H groups in total. The average Bonchev–Trinajstić information content (AvgIpc) is 3.24. The highest BCUT2D eigenvalue weighted by molar-refractivity contribution is 7.11. The highest BCUT2D eigenvalue weighted by Crippen LogP contribution is 2.36. The van der Waals surface area contributed by atoms with Gasteiger partial charge in [0.15, 0.2) is 5.82 Å². The van der Waals surface area contributed by atoms with Crippen molar-refractivity contribution < 1.29 is 0 Å². The predicted molar refractivity (Wildman–Crippen MR) is 132 cm³/mol. The first-order valence-corrected chi connectivity index (χ1v) is 12.1. The van der Waals surface area contributed by atoms with Gasteiger partial charge in [-0.2, -0.15) is 0 Å². The third-order valence-corrected chi connectivity index (χ3v) is 7.25. The Morgan fingerprint density at radius 2 is 1.84 bits per heavy atom. The quantitative estimate of drug-likeness (QED) is 0.367. The van der Waals surface area contributed by atoms with E-state index in [1.165, 1.54) is 38.6 Å². The van der Waals surface area contributed by atoms with Gasteiger partial charge in [-0.3, -0.25) is 9.88 Å². The molecule has 32 heavy (non-hydrogen) atoms. The number of rotatable bonds is 5. The summed E-state index contributed by atoms with van der Waals surface area (Å²) in [4.78, 5) is 19.5. The summed E-state index contributed by atoms with van der Waals surface area (Å²) < 4.78 is 0. The van der Waals surface area contributed by atoms with E-state index >= 15 is 0 Å². The molecule has 0 amide bonds.